The van der Waals surface area contributed by atoms with Gasteiger partial charge in [-0.25, -0.2) is 4.79 Å². The lowest BCUT2D eigenvalue weighted by Gasteiger charge is -2.30. The number of thioether (sulfide) groups is 1. The molecule has 1 aliphatic rings. The van der Waals surface area contributed by atoms with Crippen molar-refractivity contribution in [3.05, 3.63) is 0 Å². The molecule has 1 aliphatic heterocycles. The maximum Gasteiger partial charge on any atom is 0.327 e. The molecule has 0 aromatic heterocycles. The summed E-state index contributed by atoms with van der Waals surface area (Å²) in [6, 6.07) is -0.972. The second-order valence-electron chi connectivity index (χ2n) is 4.82. The molecule has 1 rings (SSSR count). The molecule has 1 fully saturated rings. The van der Waals surface area contributed by atoms with Gasteiger partial charge in [-0.3, -0.25) is 4.79 Å². The lowest BCUT2D eigenvalue weighted by Crippen LogP contribution is -2.50. The highest BCUT2D eigenvalue weighted by Crippen LogP contribution is 2.33. The van der Waals surface area contributed by atoms with E-state index in [1.165, 1.54) is 4.90 Å². The van der Waals surface area contributed by atoms with Crippen molar-refractivity contribution in [1.82, 2.24) is 4.90 Å². The highest BCUT2D eigenvalue weighted by atomic mass is 32.2. The van der Waals surface area contributed by atoms with E-state index in [1.54, 1.807) is 25.6 Å². The Balaban J connectivity index is 2.89. The fourth-order valence-electron chi connectivity index (χ4n) is 1.98. The number of hydrogen-bond donors (Lipinski definition) is 2. The second-order valence-corrected chi connectivity index (χ2v) is 6.03. The molecule has 0 saturated carbocycles. The first-order valence-electron chi connectivity index (χ1n) is 6.32. The molecule has 0 spiro atoms. The first-order chi connectivity index (χ1) is 8.40. The predicted octanol–water partition coefficient (Wildman–Crippen LogP) is 1.12. The van der Waals surface area contributed by atoms with Crippen LogP contribution in [-0.4, -0.2) is 45.1 Å². The standard InChI is InChI=1S/C12H22N2O3S/c1-4-5-10-14(9(6-18-10)12(16)17)11(15)7(2)8(3)13/h7-10H,4-6,13H2,1-3H3,(H,16,17). The number of aliphatic carboxylic acids is 1. The summed E-state index contributed by atoms with van der Waals surface area (Å²) in [6.45, 7) is 5.57. The van der Waals surface area contributed by atoms with Crippen LogP contribution in [0.2, 0.25) is 0 Å². The summed E-state index contributed by atoms with van der Waals surface area (Å²) in [4.78, 5) is 25.1. The molecule has 0 radical (unpaired) electrons. The van der Waals surface area contributed by atoms with Crippen molar-refractivity contribution in [3.8, 4) is 0 Å². The highest BCUT2D eigenvalue weighted by Gasteiger charge is 2.42. The Labute approximate surface area is 112 Å². The van der Waals surface area contributed by atoms with Gasteiger partial charge in [-0.05, 0) is 13.3 Å². The molecule has 4 atom stereocenters. The first kappa shape index (κ1) is 15.3. The van der Waals surface area contributed by atoms with Gasteiger partial charge in [0.2, 0.25) is 5.91 Å². The molecule has 4 unspecified atom stereocenters. The minimum absolute atomic E-state index is 0.0233. The van der Waals surface area contributed by atoms with Crippen LogP contribution in [0.25, 0.3) is 0 Å². The van der Waals surface area contributed by atoms with Crippen LogP contribution in [0.4, 0.5) is 0 Å². The zero-order chi connectivity index (χ0) is 13.9. The zero-order valence-corrected chi connectivity index (χ0v) is 11.9. The van der Waals surface area contributed by atoms with Crippen LogP contribution in [0.1, 0.15) is 33.6 Å². The molecule has 1 saturated heterocycles. The maximum atomic E-state index is 12.4. The van der Waals surface area contributed by atoms with E-state index in [1.807, 2.05) is 6.92 Å². The van der Waals surface area contributed by atoms with E-state index < -0.39 is 12.0 Å². The van der Waals surface area contributed by atoms with Gasteiger partial charge in [0.25, 0.3) is 0 Å². The Bertz CT molecular complexity index is 322. The van der Waals surface area contributed by atoms with Crippen LogP contribution in [0.15, 0.2) is 0 Å². The molecule has 104 valence electrons. The van der Waals surface area contributed by atoms with Gasteiger partial charge in [0.1, 0.15) is 6.04 Å². The van der Waals surface area contributed by atoms with Crippen LogP contribution in [0, 0.1) is 5.92 Å². The topological polar surface area (TPSA) is 83.6 Å². The van der Waals surface area contributed by atoms with Gasteiger partial charge in [0, 0.05) is 11.8 Å². The number of carboxylic acid groups (broad SMARTS) is 1. The molecule has 5 nitrogen and oxygen atoms in total. The molecule has 3 N–H and O–H groups in total. The molecule has 18 heavy (non-hydrogen) atoms. The van der Waals surface area contributed by atoms with Crippen molar-refractivity contribution in [2.24, 2.45) is 11.7 Å². The smallest absolute Gasteiger partial charge is 0.327 e. The molecule has 0 aromatic rings. The van der Waals surface area contributed by atoms with Gasteiger partial charge in [0.15, 0.2) is 0 Å². The van der Waals surface area contributed by atoms with Crippen molar-refractivity contribution in [1.29, 1.82) is 0 Å². The monoisotopic (exact) mass is 274 g/mol. The average molecular weight is 274 g/mol. The third kappa shape index (κ3) is 3.17. The zero-order valence-electron chi connectivity index (χ0n) is 11.1. The number of nitrogens with two attached hydrogens (primary N) is 1. The summed E-state index contributed by atoms with van der Waals surface area (Å²) in [5.74, 6) is -0.936. The quantitative estimate of drug-likeness (QED) is 0.785. The lowest BCUT2D eigenvalue weighted by molar-refractivity contribution is -0.151. The van der Waals surface area contributed by atoms with Crippen molar-refractivity contribution in [2.75, 3.05) is 5.75 Å². The van der Waals surface area contributed by atoms with Gasteiger partial charge in [-0.1, -0.05) is 20.3 Å². The fraction of sp³-hybridized carbons (Fsp3) is 0.833. The van der Waals surface area contributed by atoms with Gasteiger partial charge >= 0.3 is 5.97 Å². The fourth-order valence-corrected chi connectivity index (χ4v) is 3.50. The number of carbonyl (C=O) groups excluding carboxylic acids is 1. The van der Waals surface area contributed by atoms with Crippen molar-refractivity contribution in [2.45, 2.75) is 51.1 Å². The molecular formula is C12H22N2O3S. The summed E-state index contributed by atoms with van der Waals surface area (Å²) in [5.41, 5.74) is 5.74. The summed E-state index contributed by atoms with van der Waals surface area (Å²) in [5, 5.41) is 9.18. The molecule has 1 amide bonds. The third-order valence-corrected chi connectivity index (χ3v) is 4.70. The van der Waals surface area contributed by atoms with Crippen LogP contribution in [0.3, 0.4) is 0 Å². The number of amides is 1. The van der Waals surface area contributed by atoms with Crippen LogP contribution in [-0.2, 0) is 9.59 Å². The minimum atomic E-state index is -0.925. The Morgan fingerprint density at radius 1 is 1.50 bits per heavy atom. The van der Waals surface area contributed by atoms with E-state index in [-0.39, 0.29) is 23.2 Å². The number of rotatable bonds is 5. The summed E-state index contributed by atoms with van der Waals surface area (Å²) < 4.78 is 0. The molecular weight excluding hydrogens is 252 g/mol. The summed E-state index contributed by atoms with van der Waals surface area (Å²) in [6.07, 6.45) is 1.76. The average Bonchev–Trinajstić information content (AvgIpc) is 2.71. The molecule has 6 heteroatoms. The van der Waals surface area contributed by atoms with Gasteiger partial charge in [-0.2, -0.15) is 0 Å². The lowest BCUT2D eigenvalue weighted by atomic mass is 10.0. The van der Waals surface area contributed by atoms with E-state index in [2.05, 4.69) is 0 Å². The Hall–Kier alpha value is -0.750. The van der Waals surface area contributed by atoms with Crippen molar-refractivity contribution >= 4 is 23.6 Å². The van der Waals surface area contributed by atoms with Crippen LogP contribution in [0.5, 0.6) is 0 Å². The van der Waals surface area contributed by atoms with Crippen LogP contribution < -0.4 is 5.73 Å². The van der Waals surface area contributed by atoms with E-state index in [0.717, 1.165) is 12.8 Å². The van der Waals surface area contributed by atoms with Crippen molar-refractivity contribution < 1.29 is 14.7 Å². The molecule has 0 bridgehead atoms. The normalized spacial score (nSPS) is 27.0. The number of hydrogen-bond acceptors (Lipinski definition) is 4. The largest absolute Gasteiger partial charge is 0.480 e. The SMILES string of the molecule is CCCC1SCC(C(=O)O)N1C(=O)C(C)C(C)N. The highest BCUT2D eigenvalue weighted by molar-refractivity contribution is 8.00. The predicted molar refractivity (Wildman–Crippen MR) is 72.2 cm³/mol. The minimum Gasteiger partial charge on any atom is -0.480 e. The van der Waals surface area contributed by atoms with Crippen molar-refractivity contribution in [3.63, 3.8) is 0 Å². The number of nitrogens with zero attached hydrogens (tertiary/aromatic N) is 1. The summed E-state index contributed by atoms with van der Waals surface area (Å²) in [7, 11) is 0. The van der Waals surface area contributed by atoms with E-state index >= 15 is 0 Å². The third-order valence-electron chi connectivity index (χ3n) is 3.35. The molecule has 0 aliphatic carbocycles. The van der Waals surface area contributed by atoms with Gasteiger partial charge in [0.05, 0.1) is 11.3 Å². The maximum absolute atomic E-state index is 12.4. The van der Waals surface area contributed by atoms with E-state index in [9.17, 15) is 14.7 Å². The molecule has 1 heterocycles. The van der Waals surface area contributed by atoms with E-state index in [0.29, 0.717) is 5.75 Å². The Kier molecular flexibility index (Phi) is 5.47. The Morgan fingerprint density at radius 3 is 2.56 bits per heavy atom. The van der Waals surface area contributed by atoms with Gasteiger partial charge < -0.3 is 15.7 Å². The first-order valence-corrected chi connectivity index (χ1v) is 7.37. The molecule has 0 aromatic carbocycles. The number of carboxylic acids is 1. The van der Waals surface area contributed by atoms with E-state index in [4.69, 9.17) is 5.73 Å². The number of carbonyl (C=O) groups is 2. The Morgan fingerprint density at radius 2 is 2.11 bits per heavy atom. The second kappa shape index (κ2) is 6.43. The summed E-state index contributed by atoms with van der Waals surface area (Å²) >= 11 is 1.55. The van der Waals surface area contributed by atoms with Crippen LogP contribution >= 0.6 is 11.8 Å². The van der Waals surface area contributed by atoms with Gasteiger partial charge in [-0.15, -0.1) is 11.8 Å².